The topological polar surface area (TPSA) is 42.0 Å². The number of rotatable bonds is 17. The van der Waals surface area contributed by atoms with Gasteiger partial charge in [-0.05, 0) is 36.2 Å². The number of carbonyl (C=O) groups excluding carboxylic acids is 1. The molecule has 0 aliphatic carbocycles. The maximum atomic E-state index is 13.3. The van der Waals surface area contributed by atoms with E-state index in [0.29, 0.717) is 13.0 Å². The maximum Gasteiger partial charge on any atom is 0.222 e. The molecule has 0 spiro atoms. The summed E-state index contributed by atoms with van der Waals surface area (Å²) in [7, 11) is 0. The van der Waals surface area contributed by atoms with Crippen LogP contribution in [0, 0.1) is 0 Å². The van der Waals surface area contributed by atoms with Gasteiger partial charge in [-0.1, -0.05) is 88.6 Å². The fourth-order valence-corrected chi connectivity index (χ4v) is 4.68. The van der Waals surface area contributed by atoms with Gasteiger partial charge in [0.15, 0.2) is 0 Å². The van der Waals surface area contributed by atoms with Gasteiger partial charge >= 0.3 is 0 Å². The van der Waals surface area contributed by atoms with E-state index in [1.54, 1.807) is 0 Å². The SMILES string of the molecule is CCCCCCCCCCCC(=O)N(CCN1CCOCC1)Cc1cccc(Oc2ccccc2)c1. The van der Waals surface area contributed by atoms with Crippen molar-refractivity contribution in [1.29, 1.82) is 0 Å². The molecule has 3 rings (SSSR count). The van der Waals surface area contributed by atoms with Crippen LogP contribution in [0.1, 0.15) is 76.7 Å². The van der Waals surface area contributed by atoms with E-state index in [1.807, 2.05) is 47.4 Å². The second kappa shape index (κ2) is 17.1. The molecule has 198 valence electrons. The predicted octanol–water partition coefficient (Wildman–Crippen LogP) is 7.06. The van der Waals surface area contributed by atoms with Crippen molar-refractivity contribution in [2.24, 2.45) is 0 Å². The van der Waals surface area contributed by atoms with Crippen LogP contribution in [0.25, 0.3) is 0 Å². The summed E-state index contributed by atoms with van der Waals surface area (Å²) in [6, 6.07) is 18.0. The van der Waals surface area contributed by atoms with E-state index >= 15 is 0 Å². The number of amides is 1. The van der Waals surface area contributed by atoms with Crippen molar-refractivity contribution in [3.05, 3.63) is 60.2 Å². The minimum absolute atomic E-state index is 0.264. The number of ether oxygens (including phenoxy) is 2. The molecule has 1 aliphatic heterocycles. The third-order valence-electron chi connectivity index (χ3n) is 6.89. The second-order valence-corrected chi connectivity index (χ2v) is 9.91. The molecule has 0 unspecified atom stereocenters. The first-order valence-corrected chi connectivity index (χ1v) is 14.1. The summed E-state index contributed by atoms with van der Waals surface area (Å²) in [5.41, 5.74) is 1.10. The average molecular weight is 495 g/mol. The minimum atomic E-state index is 0.264. The summed E-state index contributed by atoms with van der Waals surface area (Å²) in [6.07, 6.45) is 12.0. The van der Waals surface area contributed by atoms with Crippen molar-refractivity contribution in [3.8, 4) is 11.5 Å². The fraction of sp³-hybridized carbons (Fsp3) is 0.581. The average Bonchev–Trinajstić information content (AvgIpc) is 2.91. The van der Waals surface area contributed by atoms with E-state index < -0.39 is 0 Å². The number of hydrogen-bond acceptors (Lipinski definition) is 4. The number of carbonyl (C=O) groups is 1. The van der Waals surface area contributed by atoms with Crippen LogP contribution in [0.5, 0.6) is 11.5 Å². The Morgan fingerprint density at radius 1 is 0.861 bits per heavy atom. The zero-order chi connectivity index (χ0) is 25.3. The molecule has 0 N–H and O–H groups in total. The molecular weight excluding hydrogens is 448 g/mol. The third-order valence-corrected chi connectivity index (χ3v) is 6.89. The van der Waals surface area contributed by atoms with E-state index in [-0.39, 0.29) is 5.91 Å². The van der Waals surface area contributed by atoms with E-state index in [9.17, 15) is 4.79 Å². The van der Waals surface area contributed by atoms with Gasteiger partial charge in [0, 0.05) is 39.1 Å². The molecule has 5 nitrogen and oxygen atoms in total. The van der Waals surface area contributed by atoms with Gasteiger partial charge in [-0.3, -0.25) is 9.69 Å². The van der Waals surface area contributed by atoms with Crippen molar-refractivity contribution in [3.63, 3.8) is 0 Å². The number of hydrogen-bond donors (Lipinski definition) is 0. The maximum absolute atomic E-state index is 13.3. The van der Waals surface area contributed by atoms with Crippen LogP contribution in [0.4, 0.5) is 0 Å². The number of benzene rings is 2. The summed E-state index contributed by atoms with van der Waals surface area (Å²) >= 11 is 0. The summed E-state index contributed by atoms with van der Waals surface area (Å²) in [5.74, 6) is 1.89. The summed E-state index contributed by atoms with van der Waals surface area (Å²) in [4.78, 5) is 17.7. The van der Waals surface area contributed by atoms with Crippen molar-refractivity contribution < 1.29 is 14.3 Å². The van der Waals surface area contributed by atoms with Gasteiger partial charge < -0.3 is 14.4 Å². The Bertz CT molecular complexity index is 852. The predicted molar refractivity (Wildman–Crippen MR) is 147 cm³/mol. The van der Waals surface area contributed by atoms with Gasteiger partial charge in [-0.25, -0.2) is 0 Å². The molecule has 2 aromatic carbocycles. The molecule has 1 fully saturated rings. The van der Waals surface area contributed by atoms with Crippen LogP contribution in [-0.2, 0) is 16.1 Å². The Balaban J connectivity index is 1.49. The molecule has 36 heavy (non-hydrogen) atoms. The lowest BCUT2D eigenvalue weighted by molar-refractivity contribution is -0.132. The molecule has 5 heteroatoms. The lowest BCUT2D eigenvalue weighted by Crippen LogP contribution is -2.42. The van der Waals surface area contributed by atoms with E-state index in [2.05, 4.69) is 24.0 Å². The van der Waals surface area contributed by atoms with Gasteiger partial charge in [0.1, 0.15) is 11.5 Å². The minimum Gasteiger partial charge on any atom is -0.457 e. The third kappa shape index (κ3) is 11.1. The highest BCUT2D eigenvalue weighted by molar-refractivity contribution is 5.76. The highest BCUT2D eigenvalue weighted by atomic mass is 16.5. The summed E-state index contributed by atoms with van der Waals surface area (Å²) in [5, 5.41) is 0. The number of morpholine rings is 1. The standard InChI is InChI=1S/C31H46N2O3/c1-2-3-4-5-6-7-8-9-13-19-31(34)33(21-20-32-22-24-35-25-23-32)27-28-15-14-18-30(26-28)36-29-16-11-10-12-17-29/h10-12,14-18,26H,2-9,13,19-25,27H2,1H3. The lowest BCUT2D eigenvalue weighted by atomic mass is 10.1. The Labute approximate surface area is 218 Å². The zero-order valence-electron chi connectivity index (χ0n) is 22.3. The quantitative estimate of drug-likeness (QED) is 0.221. The van der Waals surface area contributed by atoms with E-state index in [4.69, 9.17) is 9.47 Å². The van der Waals surface area contributed by atoms with Gasteiger partial charge in [-0.2, -0.15) is 0 Å². The van der Waals surface area contributed by atoms with Crippen LogP contribution in [0.3, 0.4) is 0 Å². The van der Waals surface area contributed by atoms with Crippen molar-refractivity contribution in [1.82, 2.24) is 9.80 Å². The first-order chi connectivity index (χ1) is 17.7. The lowest BCUT2D eigenvalue weighted by Gasteiger charge is -2.30. The first-order valence-electron chi connectivity index (χ1n) is 14.1. The highest BCUT2D eigenvalue weighted by Crippen LogP contribution is 2.23. The second-order valence-electron chi connectivity index (χ2n) is 9.91. The van der Waals surface area contributed by atoms with Crippen LogP contribution in [0.2, 0.25) is 0 Å². The summed E-state index contributed by atoms with van der Waals surface area (Å²) in [6.45, 7) is 7.98. The molecule has 0 saturated carbocycles. The van der Waals surface area contributed by atoms with Gasteiger partial charge in [0.05, 0.1) is 13.2 Å². The molecule has 2 aromatic rings. The Kier molecular flexibility index (Phi) is 13.4. The molecule has 1 heterocycles. The van der Waals surface area contributed by atoms with Gasteiger partial charge in [0.25, 0.3) is 0 Å². The molecule has 0 radical (unpaired) electrons. The first kappa shape index (κ1) is 28.2. The molecule has 0 bridgehead atoms. The highest BCUT2D eigenvalue weighted by Gasteiger charge is 2.17. The number of unbranched alkanes of at least 4 members (excludes halogenated alkanes) is 8. The molecule has 1 amide bonds. The molecular formula is C31H46N2O3. The Morgan fingerprint density at radius 3 is 2.25 bits per heavy atom. The summed E-state index contributed by atoms with van der Waals surface area (Å²) < 4.78 is 11.5. The monoisotopic (exact) mass is 494 g/mol. The van der Waals surface area contributed by atoms with Gasteiger partial charge in [0.2, 0.25) is 5.91 Å². The smallest absolute Gasteiger partial charge is 0.222 e. The molecule has 1 aliphatic rings. The van der Waals surface area contributed by atoms with Crippen molar-refractivity contribution in [2.75, 3.05) is 39.4 Å². The van der Waals surface area contributed by atoms with Crippen LogP contribution in [-0.4, -0.2) is 55.1 Å². The number of para-hydroxylation sites is 1. The number of nitrogens with zero attached hydrogens (tertiary/aromatic N) is 2. The van der Waals surface area contributed by atoms with Crippen molar-refractivity contribution in [2.45, 2.75) is 77.7 Å². The van der Waals surface area contributed by atoms with Crippen LogP contribution in [0.15, 0.2) is 54.6 Å². The fourth-order valence-electron chi connectivity index (χ4n) is 4.68. The van der Waals surface area contributed by atoms with Crippen LogP contribution >= 0.6 is 0 Å². The van der Waals surface area contributed by atoms with E-state index in [1.165, 1.54) is 44.9 Å². The van der Waals surface area contributed by atoms with Crippen molar-refractivity contribution >= 4 is 5.91 Å². The molecule has 0 atom stereocenters. The van der Waals surface area contributed by atoms with Gasteiger partial charge in [-0.15, -0.1) is 0 Å². The largest absolute Gasteiger partial charge is 0.457 e. The van der Waals surface area contributed by atoms with Crippen LogP contribution < -0.4 is 4.74 Å². The zero-order valence-corrected chi connectivity index (χ0v) is 22.3. The Morgan fingerprint density at radius 2 is 1.53 bits per heavy atom. The normalized spacial score (nSPS) is 14.0. The molecule has 0 aromatic heterocycles. The molecule has 1 saturated heterocycles. The Hall–Kier alpha value is -2.37. The van der Waals surface area contributed by atoms with E-state index in [0.717, 1.165) is 69.3 Å².